The van der Waals surface area contributed by atoms with Crippen LogP contribution in [0.3, 0.4) is 0 Å². The third-order valence-electron chi connectivity index (χ3n) is 3.74. The van der Waals surface area contributed by atoms with Crippen molar-refractivity contribution in [3.05, 3.63) is 53.6 Å². The highest BCUT2D eigenvalue weighted by molar-refractivity contribution is 5.93. The van der Waals surface area contributed by atoms with Gasteiger partial charge in [0.2, 0.25) is 5.82 Å². The minimum absolute atomic E-state index is 0.158. The predicted octanol–water partition coefficient (Wildman–Crippen LogP) is 2.57. The largest absolute Gasteiger partial charge is 0.494 e. The lowest BCUT2D eigenvalue weighted by Crippen LogP contribution is -2.34. The first-order valence-electron chi connectivity index (χ1n) is 8.32. The van der Waals surface area contributed by atoms with Crippen molar-refractivity contribution in [2.24, 2.45) is 5.92 Å². The number of ether oxygens (including phenoxy) is 1. The van der Waals surface area contributed by atoms with Gasteiger partial charge in [-0.15, -0.1) is 0 Å². The normalized spacial score (nSPS) is 12.3. The van der Waals surface area contributed by atoms with Gasteiger partial charge in [0.05, 0.1) is 18.1 Å². The summed E-state index contributed by atoms with van der Waals surface area (Å²) in [6.07, 6.45) is -3.06. The first-order valence-corrected chi connectivity index (χ1v) is 8.32. The van der Waals surface area contributed by atoms with E-state index in [1.165, 1.54) is 0 Å². The van der Waals surface area contributed by atoms with Gasteiger partial charge in [-0.3, -0.25) is 9.59 Å². The summed E-state index contributed by atoms with van der Waals surface area (Å²) in [5.74, 6) is -3.49. The highest BCUT2D eigenvalue weighted by Crippen LogP contribution is 2.25. The average molecular weight is 397 g/mol. The van der Waals surface area contributed by atoms with Gasteiger partial charge >= 0.3 is 12.1 Å². The standard InChI is InChI=1S/C18H18F3N3O4/c1-2-28-14-5-3-11(4-6-14)7-12(16(26)27)8-22-15(25)13-9-23-17(24-10-13)18(19,20)21/h3-6,9-10,12H,2,7-8H2,1H3,(H,22,25)(H,26,27). The van der Waals surface area contributed by atoms with Gasteiger partial charge in [-0.25, -0.2) is 9.97 Å². The van der Waals surface area contributed by atoms with Crippen LogP contribution in [-0.4, -0.2) is 40.1 Å². The number of hydrogen-bond acceptors (Lipinski definition) is 5. The van der Waals surface area contributed by atoms with Crippen molar-refractivity contribution in [3.8, 4) is 5.75 Å². The minimum Gasteiger partial charge on any atom is -0.494 e. The second-order valence-electron chi connectivity index (χ2n) is 5.82. The number of alkyl halides is 3. The van der Waals surface area contributed by atoms with E-state index in [0.717, 1.165) is 18.0 Å². The summed E-state index contributed by atoms with van der Waals surface area (Å²) >= 11 is 0. The molecule has 0 aliphatic rings. The molecule has 1 amide bonds. The molecular formula is C18H18F3N3O4. The molecule has 0 fully saturated rings. The fourth-order valence-corrected chi connectivity index (χ4v) is 2.33. The Kier molecular flexibility index (Phi) is 6.91. The van der Waals surface area contributed by atoms with E-state index >= 15 is 0 Å². The Bertz CT molecular complexity index is 808. The summed E-state index contributed by atoms with van der Waals surface area (Å²) in [5, 5.41) is 11.7. The number of nitrogens with one attached hydrogen (secondary N) is 1. The Hall–Kier alpha value is -3.17. The van der Waals surface area contributed by atoms with Gasteiger partial charge in [0.15, 0.2) is 0 Å². The number of carboxylic acids is 1. The maximum Gasteiger partial charge on any atom is 0.451 e. The van der Waals surface area contributed by atoms with Crippen molar-refractivity contribution in [1.29, 1.82) is 0 Å². The summed E-state index contributed by atoms with van der Waals surface area (Å²) in [6, 6.07) is 6.89. The Morgan fingerprint density at radius 2 is 1.79 bits per heavy atom. The number of hydrogen-bond donors (Lipinski definition) is 2. The summed E-state index contributed by atoms with van der Waals surface area (Å²) in [4.78, 5) is 29.7. The van der Waals surface area contributed by atoms with E-state index in [0.29, 0.717) is 12.4 Å². The number of aromatic nitrogens is 2. The summed E-state index contributed by atoms with van der Waals surface area (Å²) in [7, 11) is 0. The van der Waals surface area contributed by atoms with Gasteiger partial charge in [0, 0.05) is 18.9 Å². The first-order chi connectivity index (χ1) is 13.2. The molecule has 2 rings (SSSR count). The monoisotopic (exact) mass is 397 g/mol. The van der Waals surface area contributed by atoms with E-state index in [1.54, 1.807) is 24.3 Å². The fraction of sp³-hybridized carbons (Fsp3) is 0.333. The van der Waals surface area contributed by atoms with Crippen molar-refractivity contribution in [2.75, 3.05) is 13.2 Å². The van der Waals surface area contributed by atoms with Gasteiger partial charge < -0.3 is 15.2 Å². The van der Waals surface area contributed by atoms with Crippen LogP contribution in [0.4, 0.5) is 13.2 Å². The van der Waals surface area contributed by atoms with Gasteiger partial charge in [0.25, 0.3) is 5.91 Å². The molecule has 7 nitrogen and oxygen atoms in total. The molecule has 0 aliphatic heterocycles. The number of benzene rings is 1. The van der Waals surface area contributed by atoms with E-state index in [4.69, 9.17) is 4.74 Å². The molecule has 2 aromatic rings. The summed E-state index contributed by atoms with van der Waals surface area (Å²) < 4.78 is 42.6. The van der Waals surface area contributed by atoms with E-state index in [1.807, 2.05) is 6.92 Å². The highest BCUT2D eigenvalue weighted by atomic mass is 19.4. The zero-order valence-electron chi connectivity index (χ0n) is 14.9. The molecule has 0 saturated carbocycles. The first kappa shape index (κ1) is 21.1. The molecule has 1 heterocycles. The molecule has 0 radical (unpaired) electrons. The van der Waals surface area contributed by atoms with Crippen molar-refractivity contribution >= 4 is 11.9 Å². The molecule has 1 aromatic carbocycles. The van der Waals surface area contributed by atoms with Crippen LogP contribution in [0.2, 0.25) is 0 Å². The molecule has 150 valence electrons. The number of nitrogens with zero attached hydrogens (tertiary/aromatic N) is 2. The second-order valence-corrected chi connectivity index (χ2v) is 5.82. The van der Waals surface area contributed by atoms with Gasteiger partial charge in [0.1, 0.15) is 5.75 Å². The quantitative estimate of drug-likeness (QED) is 0.710. The Morgan fingerprint density at radius 1 is 1.18 bits per heavy atom. The smallest absolute Gasteiger partial charge is 0.451 e. The van der Waals surface area contributed by atoms with Crippen molar-refractivity contribution in [2.45, 2.75) is 19.5 Å². The molecule has 1 unspecified atom stereocenters. The predicted molar refractivity (Wildman–Crippen MR) is 91.8 cm³/mol. The van der Waals surface area contributed by atoms with Crippen LogP contribution >= 0.6 is 0 Å². The molecule has 0 saturated heterocycles. The van der Waals surface area contributed by atoms with Gasteiger partial charge in [-0.05, 0) is 31.0 Å². The van der Waals surface area contributed by atoms with Gasteiger partial charge in [-0.2, -0.15) is 13.2 Å². The molecule has 0 spiro atoms. The molecule has 1 atom stereocenters. The van der Waals surface area contributed by atoms with E-state index in [-0.39, 0.29) is 18.5 Å². The topological polar surface area (TPSA) is 101 Å². The van der Waals surface area contributed by atoms with Crippen LogP contribution in [0.15, 0.2) is 36.7 Å². The summed E-state index contributed by atoms with van der Waals surface area (Å²) in [6.45, 7) is 2.15. The maximum atomic E-state index is 12.4. The van der Waals surface area contributed by atoms with Crippen molar-refractivity contribution in [3.63, 3.8) is 0 Å². The third-order valence-corrected chi connectivity index (χ3v) is 3.74. The van der Waals surface area contributed by atoms with E-state index in [9.17, 15) is 27.9 Å². The maximum absolute atomic E-state index is 12.4. The number of halogens is 3. The SMILES string of the molecule is CCOc1ccc(CC(CNC(=O)c2cnc(C(F)(F)F)nc2)C(=O)O)cc1. The van der Waals surface area contributed by atoms with Crippen LogP contribution < -0.4 is 10.1 Å². The van der Waals surface area contributed by atoms with Gasteiger partial charge in [-0.1, -0.05) is 12.1 Å². The van der Waals surface area contributed by atoms with Crippen molar-refractivity contribution < 1.29 is 32.6 Å². The zero-order chi connectivity index (χ0) is 20.7. The fourth-order valence-electron chi connectivity index (χ4n) is 2.33. The number of aliphatic carboxylic acids is 1. The average Bonchev–Trinajstić information content (AvgIpc) is 2.65. The Labute approximate surface area is 158 Å². The Morgan fingerprint density at radius 3 is 2.29 bits per heavy atom. The van der Waals surface area contributed by atoms with Crippen LogP contribution in [0.25, 0.3) is 0 Å². The lowest BCUT2D eigenvalue weighted by molar-refractivity contribution is -0.145. The Balaban J connectivity index is 1.97. The lowest BCUT2D eigenvalue weighted by atomic mass is 9.99. The molecule has 1 aromatic heterocycles. The highest BCUT2D eigenvalue weighted by Gasteiger charge is 2.34. The molecule has 28 heavy (non-hydrogen) atoms. The molecule has 0 aliphatic carbocycles. The molecule has 10 heteroatoms. The number of carbonyl (C=O) groups is 2. The number of carboxylic acid groups (broad SMARTS) is 1. The molecule has 0 bridgehead atoms. The number of rotatable bonds is 8. The van der Waals surface area contributed by atoms with E-state index < -0.39 is 29.8 Å². The van der Waals surface area contributed by atoms with E-state index in [2.05, 4.69) is 15.3 Å². The molecular weight excluding hydrogens is 379 g/mol. The molecule has 2 N–H and O–H groups in total. The van der Waals surface area contributed by atoms with Crippen LogP contribution in [0, 0.1) is 5.92 Å². The second kappa shape index (κ2) is 9.16. The lowest BCUT2D eigenvalue weighted by Gasteiger charge is -2.14. The van der Waals surface area contributed by atoms with Crippen LogP contribution in [0.5, 0.6) is 5.75 Å². The van der Waals surface area contributed by atoms with Crippen LogP contribution in [0.1, 0.15) is 28.7 Å². The van der Waals surface area contributed by atoms with Crippen LogP contribution in [-0.2, 0) is 17.4 Å². The number of carbonyl (C=O) groups excluding carboxylic acids is 1. The summed E-state index contributed by atoms with van der Waals surface area (Å²) in [5.41, 5.74) is 0.543. The van der Waals surface area contributed by atoms with Crippen molar-refractivity contribution in [1.82, 2.24) is 15.3 Å². The zero-order valence-corrected chi connectivity index (χ0v) is 14.9. The third kappa shape index (κ3) is 5.93. The minimum atomic E-state index is -4.71. The number of amides is 1.